The van der Waals surface area contributed by atoms with E-state index in [9.17, 15) is 9.59 Å². The lowest BCUT2D eigenvalue weighted by Crippen LogP contribution is -2.29. The van der Waals surface area contributed by atoms with Crippen LogP contribution < -0.4 is 15.4 Å². The quantitative estimate of drug-likeness (QED) is 0.453. The number of benzene rings is 2. The standard InChI is InChI=1S/C19H22N2O4/c1-2-24-19(23)25-17-12-10-16(11-13-17)21-18(22)20-14-6-9-15-7-4-3-5-8-15/h3-5,7-8,10-13H,2,6,9,14H2,1H3,(H2,20,21,22). The zero-order valence-corrected chi connectivity index (χ0v) is 14.2. The Bertz CT molecular complexity index is 672. The number of nitrogens with one attached hydrogen (secondary N) is 2. The third-order valence-electron chi connectivity index (χ3n) is 3.35. The highest BCUT2D eigenvalue weighted by Gasteiger charge is 2.06. The topological polar surface area (TPSA) is 76.7 Å². The molecule has 0 atom stereocenters. The molecule has 2 aromatic rings. The van der Waals surface area contributed by atoms with Crippen molar-refractivity contribution in [1.82, 2.24) is 5.32 Å². The molecule has 25 heavy (non-hydrogen) atoms. The van der Waals surface area contributed by atoms with Crippen LogP contribution in [0.1, 0.15) is 18.9 Å². The molecular formula is C19H22N2O4. The van der Waals surface area contributed by atoms with Crippen molar-refractivity contribution in [1.29, 1.82) is 0 Å². The predicted molar refractivity (Wildman–Crippen MR) is 95.9 cm³/mol. The summed E-state index contributed by atoms with van der Waals surface area (Å²) in [4.78, 5) is 23.0. The van der Waals surface area contributed by atoms with Crippen LogP contribution in [0.5, 0.6) is 5.75 Å². The van der Waals surface area contributed by atoms with Gasteiger partial charge < -0.3 is 20.1 Å². The van der Waals surface area contributed by atoms with Gasteiger partial charge in [-0.05, 0) is 49.6 Å². The summed E-state index contributed by atoms with van der Waals surface area (Å²) in [5.41, 5.74) is 1.86. The monoisotopic (exact) mass is 342 g/mol. The van der Waals surface area contributed by atoms with Crippen molar-refractivity contribution in [2.24, 2.45) is 0 Å². The van der Waals surface area contributed by atoms with Crippen LogP contribution in [0.2, 0.25) is 0 Å². The molecular weight excluding hydrogens is 320 g/mol. The van der Waals surface area contributed by atoms with E-state index >= 15 is 0 Å². The van der Waals surface area contributed by atoms with Crippen molar-refractivity contribution < 1.29 is 19.1 Å². The summed E-state index contributed by atoms with van der Waals surface area (Å²) in [6, 6.07) is 16.3. The van der Waals surface area contributed by atoms with Gasteiger partial charge in [0.05, 0.1) is 6.61 Å². The van der Waals surface area contributed by atoms with Crippen molar-refractivity contribution in [3.05, 3.63) is 60.2 Å². The molecule has 2 amide bonds. The Morgan fingerprint density at radius 1 is 1.00 bits per heavy atom. The fourth-order valence-electron chi connectivity index (χ4n) is 2.16. The smallest absolute Gasteiger partial charge is 0.434 e. The van der Waals surface area contributed by atoms with E-state index in [-0.39, 0.29) is 12.6 Å². The maximum Gasteiger partial charge on any atom is 0.513 e. The van der Waals surface area contributed by atoms with Gasteiger partial charge in [0, 0.05) is 12.2 Å². The Hall–Kier alpha value is -3.02. The third-order valence-corrected chi connectivity index (χ3v) is 3.35. The second-order valence-corrected chi connectivity index (χ2v) is 5.28. The molecule has 6 nitrogen and oxygen atoms in total. The summed E-state index contributed by atoms with van der Waals surface area (Å²) >= 11 is 0. The highest BCUT2D eigenvalue weighted by Crippen LogP contribution is 2.16. The van der Waals surface area contributed by atoms with Gasteiger partial charge in [-0.2, -0.15) is 0 Å². The zero-order valence-electron chi connectivity index (χ0n) is 14.2. The Kier molecular flexibility index (Phi) is 7.31. The average Bonchev–Trinajstić information content (AvgIpc) is 2.61. The number of hydrogen-bond donors (Lipinski definition) is 2. The molecule has 6 heteroatoms. The fourth-order valence-corrected chi connectivity index (χ4v) is 2.16. The molecule has 2 N–H and O–H groups in total. The predicted octanol–water partition coefficient (Wildman–Crippen LogP) is 3.98. The van der Waals surface area contributed by atoms with Gasteiger partial charge in [-0.1, -0.05) is 30.3 Å². The Labute approximate surface area is 147 Å². The maximum atomic E-state index is 11.8. The number of amides is 2. The molecule has 0 heterocycles. The molecule has 0 saturated heterocycles. The van der Waals surface area contributed by atoms with Gasteiger partial charge in [-0.3, -0.25) is 0 Å². The first-order chi connectivity index (χ1) is 12.2. The van der Waals surface area contributed by atoms with Crippen molar-refractivity contribution in [3.63, 3.8) is 0 Å². The molecule has 0 saturated carbocycles. The van der Waals surface area contributed by atoms with Crippen molar-refractivity contribution in [3.8, 4) is 5.75 Å². The lowest BCUT2D eigenvalue weighted by atomic mass is 10.1. The molecule has 0 fully saturated rings. The van der Waals surface area contributed by atoms with Gasteiger partial charge in [0.15, 0.2) is 0 Å². The number of aryl methyl sites for hydroxylation is 1. The molecule has 132 valence electrons. The first-order valence-corrected chi connectivity index (χ1v) is 8.21. The lowest BCUT2D eigenvalue weighted by Gasteiger charge is -2.09. The summed E-state index contributed by atoms with van der Waals surface area (Å²) in [7, 11) is 0. The van der Waals surface area contributed by atoms with E-state index < -0.39 is 6.16 Å². The number of carbonyl (C=O) groups is 2. The number of carbonyl (C=O) groups excluding carboxylic acids is 2. The summed E-state index contributed by atoms with van der Waals surface area (Å²) in [5.74, 6) is 0.354. The van der Waals surface area contributed by atoms with Crippen LogP contribution in [0.15, 0.2) is 54.6 Å². The van der Waals surface area contributed by atoms with Crippen LogP contribution in [0, 0.1) is 0 Å². The van der Waals surface area contributed by atoms with Gasteiger partial charge >= 0.3 is 12.2 Å². The number of rotatable bonds is 7. The highest BCUT2D eigenvalue weighted by atomic mass is 16.7. The number of anilines is 1. The van der Waals surface area contributed by atoms with E-state index in [0.29, 0.717) is 18.0 Å². The minimum Gasteiger partial charge on any atom is -0.434 e. The molecule has 0 aliphatic rings. The number of ether oxygens (including phenoxy) is 2. The molecule has 0 spiro atoms. The first-order valence-electron chi connectivity index (χ1n) is 8.21. The second kappa shape index (κ2) is 9.97. The second-order valence-electron chi connectivity index (χ2n) is 5.28. The molecule has 0 unspecified atom stereocenters. The van der Waals surface area contributed by atoms with E-state index in [2.05, 4.69) is 27.5 Å². The van der Waals surface area contributed by atoms with E-state index in [1.54, 1.807) is 31.2 Å². The summed E-state index contributed by atoms with van der Waals surface area (Å²) in [5, 5.41) is 5.53. The maximum absolute atomic E-state index is 11.8. The van der Waals surface area contributed by atoms with Gasteiger partial charge in [0.2, 0.25) is 0 Å². The van der Waals surface area contributed by atoms with Gasteiger partial charge in [0.25, 0.3) is 0 Å². The van der Waals surface area contributed by atoms with Crippen LogP contribution in [-0.4, -0.2) is 25.3 Å². The Morgan fingerprint density at radius 3 is 2.40 bits per heavy atom. The van der Waals surface area contributed by atoms with Crippen molar-refractivity contribution >= 4 is 17.9 Å². The van der Waals surface area contributed by atoms with E-state index in [1.807, 2.05) is 18.2 Å². The SMILES string of the molecule is CCOC(=O)Oc1ccc(NC(=O)NCCCc2ccccc2)cc1. The van der Waals surface area contributed by atoms with E-state index in [1.165, 1.54) is 5.56 Å². The zero-order chi connectivity index (χ0) is 17.9. The van der Waals surface area contributed by atoms with Crippen LogP contribution in [0.25, 0.3) is 0 Å². The first kappa shape index (κ1) is 18.3. The minimum absolute atomic E-state index is 0.253. The van der Waals surface area contributed by atoms with Crippen molar-refractivity contribution in [2.75, 3.05) is 18.5 Å². The molecule has 2 rings (SSSR count). The molecule has 0 aliphatic carbocycles. The van der Waals surface area contributed by atoms with Crippen LogP contribution in [-0.2, 0) is 11.2 Å². The molecule has 0 aromatic heterocycles. The third kappa shape index (κ3) is 6.95. The van der Waals surface area contributed by atoms with Crippen LogP contribution >= 0.6 is 0 Å². The summed E-state index contributed by atoms with van der Waals surface area (Å²) < 4.78 is 9.63. The summed E-state index contributed by atoms with van der Waals surface area (Å²) in [6.45, 7) is 2.54. The number of urea groups is 1. The minimum atomic E-state index is -0.751. The Morgan fingerprint density at radius 2 is 1.72 bits per heavy atom. The van der Waals surface area contributed by atoms with E-state index in [4.69, 9.17) is 4.74 Å². The summed E-state index contributed by atoms with van der Waals surface area (Å²) in [6.07, 6.45) is 1.03. The number of hydrogen-bond acceptors (Lipinski definition) is 4. The van der Waals surface area contributed by atoms with Gasteiger partial charge in [-0.25, -0.2) is 9.59 Å². The normalized spacial score (nSPS) is 9.96. The average molecular weight is 342 g/mol. The Balaban J connectivity index is 1.68. The fraction of sp³-hybridized carbons (Fsp3) is 0.263. The molecule has 2 aromatic carbocycles. The highest BCUT2D eigenvalue weighted by molar-refractivity contribution is 5.89. The van der Waals surface area contributed by atoms with Gasteiger partial charge in [-0.15, -0.1) is 0 Å². The van der Waals surface area contributed by atoms with Crippen LogP contribution in [0.4, 0.5) is 15.3 Å². The van der Waals surface area contributed by atoms with Crippen molar-refractivity contribution in [2.45, 2.75) is 19.8 Å². The van der Waals surface area contributed by atoms with E-state index in [0.717, 1.165) is 12.8 Å². The van der Waals surface area contributed by atoms with Gasteiger partial charge in [0.1, 0.15) is 5.75 Å². The largest absolute Gasteiger partial charge is 0.513 e. The molecule has 0 bridgehead atoms. The molecule has 0 aliphatic heterocycles. The lowest BCUT2D eigenvalue weighted by molar-refractivity contribution is 0.104. The van der Waals surface area contributed by atoms with Crippen LogP contribution in [0.3, 0.4) is 0 Å². The molecule has 0 radical (unpaired) electrons.